The van der Waals surface area contributed by atoms with E-state index in [1.807, 2.05) is 18.2 Å². The van der Waals surface area contributed by atoms with Gasteiger partial charge in [0.2, 0.25) is 5.91 Å². The number of rotatable bonds is 1. The molecular weight excluding hydrogens is 186 g/mol. The Hall–Kier alpha value is -1.31. The van der Waals surface area contributed by atoms with Crippen molar-refractivity contribution < 1.29 is 4.79 Å². The second kappa shape index (κ2) is 3.69. The van der Waals surface area contributed by atoms with E-state index in [2.05, 4.69) is 31.3 Å². The zero-order chi connectivity index (χ0) is 10.9. The van der Waals surface area contributed by atoms with Crippen LogP contribution in [0.3, 0.4) is 0 Å². The topological polar surface area (TPSA) is 29.1 Å². The van der Waals surface area contributed by atoms with Gasteiger partial charge in [0.05, 0.1) is 0 Å². The number of benzene rings is 1. The first-order valence-electron chi connectivity index (χ1n) is 5.41. The van der Waals surface area contributed by atoms with Crippen molar-refractivity contribution >= 4 is 5.91 Å². The first kappa shape index (κ1) is 10.2. The Morgan fingerprint density at radius 2 is 1.93 bits per heavy atom. The van der Waals surface area contributed by atoms with Crippen LogP contribution in [-0.4, -0.2) is 12.5 Å². The summed E-state index contributed by atoms with van der Waals surface area (Å²) in [7, 11) is 0. The van der Waals surface area contributed by atoms with E-state index in [0.717, 1.165) is 6.54 Å². The van der Waals surface area contributed by atoms with Crippen LogP contribution in [-0.2, 0) is 4.79 Å². The second-order valence-electron chi connectivity index (χ2n) is 4.93. The van der Waals surface area contributed by atoms with Crippen molar-refractivity contribution in [3.63, 3.8) is 0 Å². The minimum absolute atomic E-state index is 0.148. The van der Waals surface area contributed by atoms with Gasteiger partial charge in [-0.2, -0.15) is 0 Å². The maximum atomic E-state index is 11.4. The average Bonchev–Trinajstić information content (AvgIpc) is 2.23. The largest absolute Gasteiger partial charge is 0.356 e. The summed E-state index contributed by atoms with van der Waals surface area (Å²) in [4.78, 5) is 11.4. The normalized spacial score (nSPS) is 24.7. The fourth-order valence-electron chi connectivity index (χ4n) is 2.24. The van der Waals surface area contributed by atoms with E-state index < -0.39 is 0 Å². The molecule has 1 atom stereocenters. The molecule has 2 heteroatoms. The summed E-state index contributed by atoms with van der Waals surface area (Å²) in [6, 6.07) is 10.3. The van der Waals surface area contributed by atoms with Gasteiger partial charge < -0.3 is 5.32 Å². The number of hydrogen-bond donors (Lipinski definition) is 1. The minimum atomic E-state index is 0.148. The Morgan fingerprint density at radius 1 is 1.27 bits per heavy atom. The van der Waals surface area contributed by atoms with Crippen molar-refractivity contribution in [2.24, 2.45) is 5.41 Å². The van der Waals surface area contributed by atoms with E-state index >= 15 is 0 Å². The third-order valence-electron chi connectivity index (χ3n) is 3.28. The van der Waals surface area contributed by atoms with E-state index in [1.54, 1.807) is 0 Å². The molecule has 0 aliphatic carbocycles. The molecule has 1 aromatic carbocycles. The molecule has 2 rings (SSSR count). The Morgan fingerprint density at radius 3 is 2.60 bits per heavy atom. The summed E-state index contributed by atoms with van der Waals surface area (Å²) in [5, 5.41) is 2.93. The van der Waals surface area contributed by atoms with Crippen molar-refractivity contribution in [2.75, 3.05) is 6.54 Å². The molecule has 1 saturated heterocycles. The number of nitrogens with one attached hydrogen (secondary N) is 1. The van der Waals surface area contributed by atoms with Crippen LogP contribution in [0.5, 0.6) is 0 Å². The monoisotopic (exact) mass is 203 g/mol. The predicted octanol–water partition coefficient (Wildman–Crippen LogP) is 2.32. The fraction of sp³-hybridized carbons (Fsp3) is 0.462. The summed E-state index contributed by atoms with van der Waals surface area (Å²) in [6.45, 7) is 5.19. The summed E-state index contributed by atoms with van der Waals surface area (Å²) >= 11 is 0. The minimum Gasteiger partial charge on any atom is -0.356 e. The molecule has 0 aromatic heterocycles. The van der Waals surface area contributed by atoms with Gasteiger partial charge >= 0.3 is 0 Å². The Bertz CT molecular complexity index is 356. The van der Waals surface area contributed by atoms with Crippen LogP contribution < -0.4 is 5.32 Å². The van der Waals surface area contributed by atoms with Crippen molar-refractivity contribution in [2.45, 2.75) is 26.2 Å². The van der Waals surface area contributed by atoms with Crippen LogP contribution in [0.15, 0.2) is 30.3 Å². The molecular formula is C13H17NO. The lowest BCUT2D eigenvalue weighted by atomic mass is 9.71. The molecule has 1 aliphatic heterocycles. The quantitative estimate of drug-likeness (QED) is 0.745. The molecule has 1 amide bonds. The molecule has 0 saturated carbocycles. The van der Waals surface area contributed by atoms with E-state index in [9.17, 15) is 4.79 Å². The van der Waals surface area contributed by atoms with E-state index in [1.165, 1.54) is 5.56 Å². The molecule has 1 heterocycles. The number of amides is 1. The van der Waals surface area contributed by atoms with Crippen LogP contribution in [0.4, 0.5) is 0 Å². The highest BCUT2D eigenvalue weighted by molar-refractivity contribution is 5.78. The number of hydrogen-bond acceptors (Lipinski definition) is 1. The van der Waals surface area contributed by atoms with Gasteiger partial charge in [-0.15, -0.1) is 0 Å². The van der Waals surface area contributed by atoms with Crippen molar-refractivity contribution in [1.82, 2.24) is 5.32 Å². The molecule has 1 N–H and O–H groups in total. The molecule has 0 radical (unpaired) electrons. The lowest BCUT2D eigenvalue weighted by Crippen LogP contribution is -2.44. The van der Waals surface area contributed by atoms with Gasteiger partial charge in [0.15, 0.2) is 0 Å². The van der Waals surface area contributed by atoms with Crippen LogP contribution in [0, 0.1) is 5.41 Å². The second-order valence-corrected chi connectivity index (χ2v) is 4.93. The molecule has 80 valence electrons. The van der Waals surface area contributed by atoms with Crippen LogP contribution >= 0.6 is 0 Å². The molecule has 2 nitrogen and oxygen atoms in total. The van der Waals surface area contributed by atoms with Crippen LogP contribution in [0.2, 0.25) is 0 Å². The van der Waals surface area contributed by atoms with E-state index in [4.69, 9.17) is 0 Å². The molecule has 0 spiro atoms. The van der Waals surface area contributed by atoms with Gasteiger partial charge in [0.1, 0.15) is 0 Å². The zero-order valence-corrected chi connectivity index (χ0v) is 9.29. The smallest absolute Gasteiger partial charge is 0.220 e. The molecule has 15 heavy (non-hydrogen) atoms. The highest BCUT2D eigenvalue weighted by atomic mass is 16.1. The third kappa shape index (κ3) is 2.04. The highest BCUT2D eigenvalue weighted by Crippen LogP contribution is 2.39. The first-order chi connectivity index (χ1) is 7.09. The number of carbonyl (C=O) groups is 1. The zero-order valence-electron chi connectivity index (χ0n) is 9.29. The van der Waals surface area contributed by atoms with E-state index in [0.29, 0.717) is 12.3 Å². The van der Waals surface area contributed by atoms with E-state index in [-0.39, 0.29) is 11.3 Å². The molecule has 0 bridgehead atoms. The summed E-state index contributed by atoms with van der Waals surface area (Å²) < 4.78 is 0. The van der Waals surface area contributed by atoms with Gasteiger partial charge in [-0.25, -0.2) is 0 Å². The molecule has 1 fully saturated rings. The fourth-order valence-corrected chi connectivity index (χ4v) is 2.24. The Labute approximate surface area is 90.7 Å². The van der Waals surface area contributed by atoms with Crippen LogP contribution in [0.25, 0.3) is 0 Å². The Balaban J connectivity index is 2.29. The lowest BCUT2D eigenvalue weighted by Gasteiger charge is -2.38. The summed E-state index contributed by atoms with van der Waals surface area (Å²) in [5.74, 6) is 0.510. The van der Waals surface area contributed by atoms with Crippen LogP contribution in [0.1, 0.15) is 31.7 Å². The molecule has 1 aliphatic rings. The molecule has 1 unspecified atom stereocenters. The summed E-state index contributed by atoms with van der Waals surface area (Å²) in [5.41, 5.74) is 1.42. The highest BCUT2D eigenvalue weighted by Gasteiger charge is 2.36. The van der Waals surface area contributed by atoms with Gasteiger partial charge in [-0.3, -0.25) is 4.79 Å². The van der Waals surface area contributed by atoms with Crippen molar-refractivity contribution in [1.29, 1.82) is 0 Å². The van der Waals surface area contributed by atoms with Gasteiger partial charge in [0.25, 0.3) is 0 Å². The first-order valence-corrected chi connectivity index (χ1v) is 5.41. The maximum Gasteiger partial charge on any atom is 0.220 e. The lowest BCUT2D eigenvalue weighted by molar-refractivity contribution is -0.124. The maximum absolute atomic E-state index is 11.4. The SMILES string of the molecule is CC1(C)CNC(=O)CC1c1ccccc1. The average molecular weight is 203 g/mol. The van der Waals surface area contributed by atoms with Crippen molar-refractivity contribution in [3.05, 3.63) is 35.9 Å². The third-order valence-corrected chi connectivity index (χ3v) is 3.28. The Kier molecular flexibility index (Phi) is 2.51. The van der Waals surface area contributed by atoms with Gasteiger partial charge in [-0.05, 0) is 16.9 Å². The number of carbonyl (C=O) groups excluding carboxylic acids is 1. The van der Waals surface area contributed by atoms with Gasteiger partial charge in [-0.1, -0.05) is 44.2 Å². The van der Waals surface area contributed by atoms with Crippen molar-refractivity contribution in [3.8, 4) is 0 Å². The van der Waals surface area contributed by atoms with Gasteiger partial charge in [0, 0.05) is 13.0 Å². The molecule has 1 aromatic rings. The predicted molar refractivity (Wildman–Crippen MR) is 60.6 cm³/mol. The number of piperidine rings is 1. The summed E-state index contributed by atoms with van der Waals surface area (Å²) in [6.07, 6.45) is 0.608. The standard InChI is InChI=1S/C13H17NO/c1-13(2)9-14-12(15)8-11(13)10-6-4-3-5-7-10/h3-7,11H,8-9H2,1-2H3,(H,14,15).